The van der Waals surface area contributed by atoms with E-state index in [1.165, 1.54) is 98.7 Å². The van der Waals surface area contributed by atoms with Crippen LogP contribution in [-0.2, 0) is 6.42 Å². The molecule has 10 rings (SSSR count). The van der Waals surface area contributed by atoms with Crippen LogP contribution >= 0.6 is 0 Å². The molecule has 0 nitrogen and oxygen atoms in total. The van der Waals surface area contributed by atoms with E-state index in [9.17, 15) is 0 Å². The van der Waals surface area contributed by atoms with Crippen molar-refractivity contribution in [3.8, 4) is 44.5 Å². The van der Waals surface area contributed by atoms with Gasteiger partial charge in [-0.05, 0) is 124 Å². The van der Waals surface area contributed by atoms with Gasteiger partial charge in [-0.2, -0.15) is 0 Å². The fraction of sp³-hybridized carbons (Fsp3) is 0.0400. The third-order valence-electron chi connectivity index (χ3n) is 10.7. The first-order valence-corrected chi connectivity index (χ1v) is 17.7. The van der Waals surface area contributed by atoms with Gasteiger partial charge in [-0.1, -0.05) is 170 Å². The van der Waals surface area contributed by atoms with Crippen molar-refractivity contribution in [1.29, 1.82) is 0 Å². The average Bonchev–Trinajstić information content (AvgIpc) is 3.19. The standard InChI is InChI=1S/C50H34/c1-2-15-35-31-37(28-27-33(35)13-1)41-30-29-40(42-20-5-6-21-43(41)42)36-17-11-18-38(32-36)49-45-22-7-9-24-47(45)50(48-25-10-8-23-46(48)49)44-26-12-16-34-14-3-4-19-39(34)44/h1-9,11-24,26-32H,10,25H2. The average molecular weight is 635 g/mol. The maximum absolute atomic E-state index is 2.42. The molecule has 0 heteroatoms. The lowest BCUT2D eigenvalue weighted by atomic mass is 9.79. The van der Waals surface area contributed by atoms with Gasteiger partial charge in [0.25, 0.3) is 0 Å². The third kappa shape index (κ3) is 4.60. The minimum atomic E-state index is 1.03. The molecule has 0 saturated heterocycles. The molecule has 0 radical (unpaired) electrons. The van der Waals surface area contributed by atoms with E-state index in [0.717, 1.165) is 12.8 Å². The minimum absolute atomic E-state index is 1.03. The van der Waals surface area contributed by atoms with Crippen molar-refractivity contribution in [3.05, 3.63) is 187 Å². The molecule has 0 amide bonds. The zero-order valence-electron chi connectivity index (χ0n) is 27.7. The number of rotatable bonds is 4. The number of allylic oxidation sites excluding steroid dienone is 1. The predicted octanol–water partition coefficient (Wildman–Crippen LogP) is 13.9. The van der Waals surface area contributed by atoms with E-state index in [1.807, 2.05) is 0 Å². The van der Waals surface area contributed by atoms with Crippen molar-refractivity contribution in [3.63, 3.8) is 0 Å². The lowest BCUT2D eigenvalue weighted by molar-refractivity contribution is 0.992. The zero-order valence-corrected chi connectivity index (χ0v) is 27.7. The third-order valence-corrected chi connectivity index (χ3v) is 10.7. The van der Waals surface area contributed by atoms with Gasteiger partial charge in [0.1, 0.15) is 0 Å². The molecule has 0 fully saturated rings. The molecule has 9 aromatic rings. The summed E-state index contributed by atoms with van der Waals surface area (Å²) in [5, 5.41) is 10.3. The molecule has 9 aromatic carbocycles. The van der Waals surface area contributed by atoms with Crippen LogP contribution in [-0.4, -0.2) is 0 Å². The summed E-state index contributed by atoms with van der Waals surface area (Å²) in [5.74, 6) is 0. The van der Waals surface area contributed by atoms with Crippen LogP contribution in [0.15, 0.2) is 176 Å². The molecule has 1 aliphatic carbocycles. The van der Waals surface area contributed by atoms with Crippen molar-refractivity contribution >= 4 is 49.2 Å². The number of hydrogen-bond acceptors (Lipinski definition) is 0. The molecule has 0 bridgehead atoms. The second-order valence-corrected chi connectivity index (χ2v) is 13.5. The van der Waals surface area contributed by atoms with Gasteiger partial charge in [-0.15, -0.1) is 0 Å². The molecule has 0 aromatic heterocycles. The first kappa shape index (κ1) is 28.7. The summed E-state index contributed by atoms with van der Waals surface area (Å²) in [4.78, 5) is 0. The van der Waals surface area contributed by atoms with Crippen LogP contribution in [0.1, 0.15) is 17.5 Å². The summed E-state index contributed by atoms with van der Waals surface area (Å²) in [6, 6.07) is 62.8. The van der Waals surface area contributed by atoms with E-state index in [0.29, 0.717) is 0 Å². The Hall–Kier alpha value is -6.24. The Morgan fingerprint density at radius 1 is 0.340 bits per heavy atom. The van der Waals surface area contributed by atoms with Gasteiger partial charge in [-0.25, -0.2) is 0 Å². The molecule has 0 unspecified atom stereocenters. The fourth-order valence-corrected chi connectivity index (χ4v) is 8.45. The van der Waals surface area contributed by atoms with Gasteiger partial charge in [0, 0.05) is 0 Å². The molecule has 234 valence electrons. The number of fused-ring (bicyclic) bond motifs is 5. The normalized spacial score (nSPS) is 12.6. The molecule has 0 N–H and O–H groups in total. The fourth-order valence-electron chi connectivity index (χ4n) is 8.45. The Bertz CT molecular complexity index is 2810. The second kappa shape index (κ2) is 11.7. The van der Waals surface area contributed by atoms with E-state index < -0.39 is 0 Å². The lowest BCUT2D eigenvalue weighted by Crippen LogP contribution is -2.03. The summed E-state index contributed by atoms with van der Waals surface area (Å²) in [6.07, 6.45) is 6.83. The highest BCUT2D eigenvalue weighted by atomic mass is 14.3. The highest BCUT2D eigenvalue weighted by molar-refractivity contribution is 6.14. The quantitative estimate of drug-likeness (QED) is 0.181. The number of benzene rings is 9. The Balaban J connectivity index is 1.17. The molecule has 1 aliphatic rings. The largest absolute Gasteiger partial charge is 0.0836 e. The summed E-state index contributed by atoms with van der Waals surface area (Å²) in [6.45, 7) is 0. The maximum Gasteiger partial charge on any atom is -0.00295 e. The first-order chi connectivity index (χ1) is 24.8. The Morgan fingerprint density at radius 2 is 0.920 bits per heavy atom. The SMILES string of the molecule is C1=Cc2c(c(-c3cccc4ccccc34)c3ccccc3c2-c2cccc(-c3ccc(-c4ccc5ccccc5c4)c4ccccc34)c2)CC1. The van der Waals surface area contributed by atoms with Gasteiger partial charge in [0.05, 0.1) is 0 Å². The van der Waals surface area contributed by atoms with Gasteiger partial charge >= 0.3 is 0 Å². The van der Waals surface area contributed by atoms with Crippen LogP contribution < -0.4 is 0 Å². The summed E-state index contributed by atoms with van der Waals surface area (Å²) < 4.78 is 0. The van der Waals surface area contributed by atoms with Crippen LogP contribution in [0.25, 0.3) is 93.7 Å². The molecular weight excluding hydrogens is 601 g/mol. The van der Waals surface area contributed by atoms with Crippen LogP contribution in [0.3, 0.4) is 0 Å². The minimum Gasteiger partial charge on any atom is -0.0836 e. The van der Waals surface area contributed by atoms with Crippen LogP contribution in [0.4, 0.5) is 0 Å². The summed E-state index contributed by atoms with van der Waals surface area (Å²) in [5.41, 5.74) is 13.1. The predicted molar refractivity (Wildman–Crippen MR) is 216 cm³/mol. The molecule has 0 heterocycles. The smallest absolute Gasteiger partial charge is 0.00295 e. The monoisotopic (exact) mass is 634 g/mol. The molecule has 0 atom stereocenters. The van der Waals surface area contributed by atoms with Gasteiger partial charge in [-0.3, -0.25) is 0 Å². The van der Waals surface area contributed by atoms with Crippen molar-refractivity contribution in [2.45, 2.75) is 12.8 Å². The topological polar surface area (TPSA) is 0 Å². The Kier molecular flexibility index (Phi) is 6.74. The van der Waals surface area contributed by atoms with Gasteiger partial charge in [0.15, 0.2) is 0 Å². The lowest BCUT2D eigenvalue weighted by Gasteiger charge is -2.24. The van der Waals surface area contributed by atoms with E-state index in [2.05, 4.69) is 182 Å². The Labute approximate surface area is 292 Å². The Morgan fingerprint density at radius 3 is 1.70 bits per heavy atom. The summed E-state index contributed by atoms with van der Waals surface area (Å²) in [7, 11) is 0. The zero-order chi connectivity index (χ0) is 33.0. The van der Waals surface area contributed by atoms with Crippen LogP contribution in [0, 0.1) is 0 Å². The van der Waals surface area contributed by atoms with Crippen molar-refractivity contribution in [2.24, 2.45) is 0 Å². The van der Waals surface area contributed by atoms with Crippen LogP contribution in [0.2, 0.25) is 0 Å². The molecule has 0 spiro atoms. The molecule has 0 aliphatic heterocycles. The van der Waals surface area contributed by atoms with Crippen molar-refractivity contribution in [2.75, 3.05) is 0 Å². The first-order valence-electron chi connectivity index (χ1n) is 17.7. The second-order valence-electron chi connectivity index (χ2n) is 13.5. The molecule has 0 saturated carbocycles. The molecular formula is C50H34. The van der Waals surface area contributed by atoms with E-state index in [4.69, 9.17) is 0 Å². The van der Waals surface area contributed by atoms with E-state index in [1.54, 1.807) is 0 Å². The van der Waals surface area contributed by atoms with E-state index >= 15 is 0 Å². The van der Waals surface area contributed by atoms with E-state index in [-0.39, 0.29) is 0 Å². The van der Waals surface area contributed by atoms with Crippen molar-refractivity contribution < 1.29 is 0 Å². The highest BCUT2D eigenvalue weighted by Crippen LogP contribution is 2.47. The molecule has 50 heavy (non-hydrogen) atoms. The van der Waals surface area contributed by atoms with Gasteiger partial charge < -0.3 is 0 Å². The van der Waals surface area contributed by atoms with Crippen LogP contribution in [0.5, 0.6) is 0 Å². The highest BCUT2D eigenvalue weighted by Gasteiger charge is 2.23. The van der Waals surface area contributed by atoms with Gasteiger partial charge in [0.2, 0.25) is 0 Å². The van der Waals surface area contributed by atoms with Crippen molar-refractivity contribution in [1.82, 2.24) is 0 Å². The number of hydrogen-bond donors (Lipinski definition) is 0. The maximum atomic E-state index is 2.42. The summed E-state index contributed by atoms with van der Waals surface area (Å²) >= 11 is 0.